The fourth-order valence-corrected chi connectivity index (χ4v) is 5.59. The Morgan fingerprint density at radius 1 is 1.00 bits per heavy atom. The van der Waals surface area contributed by atoms with Crippen molar-refractivity contribution in [1.29, 1.82) is 0 Å². The summed E-state index contributed by atoms with van der Waals surface area (Å²) in [6.45, 7) is 5.83. The largest absolute Gasteiger partial charge is 0.416 e. The molecule has 10 heteroatoms. The fraction of sp³-hybridized carbons (Fsp3) is 0.414. The Kier molecular flexibility index (Phi) is 9.19. The first-order valence-electron chi connectivity index (χ1n) is 13.0. The van der Waals surface area contributed by atoms with E-state index in [1.54, 1.807) is 12.1 Å². The van der Waals surface area contributed by atoms with Gasteiger partial charge in [-0.2, -0.15) is 13.2 Å². The van der Waals surface area contributed by atoms with Gasteiger partial charge in [-0.05, 0) is 65.9 Å². The van der Waals surface area contributed by atoms with E-state index in [0.717, 1.165) is 11.6 Å². The van der Waals surface area contributed by atoms with E-state index >= 15 is 0 Å². The molecule has 1 fully saturated rings. The number of hydrogen-bond donors (Lipinski definition) is 1. The Hall–Kier alpha value is -2.68. The summed E-state index contributed by atoms with van der Waals surface area (Å²) in [6.07, 6.45) is 0.228. The van der Waals surface area contributed by atoms with Crippen LogP contribution in [0.15, 0.2) is 60.9 Å². The van der Waals surface area contributed by atoms with E-state index in [4.69, 9.17) is 28.9 Å². The smallest absolute Gasteiger partial charge is 0.368 e. The molecule has 1 amide bonds. The summed E-state index contributed by atoms with van der Waals surface area (Å²) in [6, 6.07) is 11.8. The Balaban J connectivity index is 1.53. The van der Waals surface area contributed by atoms with Gasteiger partial charge >= 0.3 is 6.18 Å². The van der Waals surface area contributed by atoms with Gasteiger partial charge in [0.15, 0.2) is 0 Å². The lowest BCUT2D eigenvalue weighted by Crippen LogP contribution is -2.51. The van der Waals surface area contributed by atoms with Crippen molar-refractivity contribution in [3.63, 3.8) is 0 Å². The first kappa shape index (κ1) is 29.3. The number of hydrogen-bond acceptors (Lipinski definition) is 3. The van der Waals surface area contributed by atoms with Crippen molar-refractivity contribution >= 4 is 34.8 Å². The van der Waals surface area contributed by atoms with E-state index in [1.165, 1.54) is 12.1 Å². The molecular weight excluding hydrogens is 548 g/mol. The van der Waals surface area contributed by atoms with Crippen LogP contribution in [0.1, 0.15) is 49.0 Å². The zero-order valence-electron chi connectivity index (χ0n) is 22.0. The third kappa shape index (κ3) is 7.10. The van der Waals surface area contributed by atoms with Gasteiger partial charge in [0, 0.05) is 66.8 Å². The van der Waals surface area contributed by atoms with Gasteiger partial charge in [-0.25, -0.2) is 0 Å². The third-order valence-electron chi connectivity index (χ3n) is 7.11. The minimum Gasteiger partial charge on any atom is -0.368 e. The van der Waals surface area contributed by atoms with Gasteiger partial charge in [0.05, 0.1) is 5.56 Å². The summed E-state index contributed by atoms with van der Waals surface area (Å²) < 4.78 is 42.3. The first-order chi connectivity index (χ1) is 18.4. The second-order valence-corrected chi connectivity index (χ2v) is 11.2. The van der Waals surface area contributed by atoms with Crippen LogP contribution >= 0.6 is 23.2 Å². The summed E-state index contributed by atoms with van der Waals surface area (Å²) >= 11 is 12.5. The lowest BCUT2D eigenvalue weighted by molar-refractivity contribution is -0.137. The average Bonchev–Trinajstić information content (AvgIpc) is 3.41. The van der Waals surface area contributed by atoms with Crippen LogP contribution in [0.2, 0.25) is 10.0 Å². The third-order valence-corrected chi connectivity index (χ3v) is 7.70. The SMILES string of the molecule is CC(C)CC(N)c1cc(C(F)(F)F)ccc1N1CCN(C(=O)C(Cc2ccc(Cl)cc2Cl)n2cccc2)CC1. The standard InChI is InChI=1S/C29H33Cl2F3N4O/c1-19(2)15-25(35)23-17-21(29(32,33)34)6-8-26(23)37-11-13-38(14-12-37)28(39)27(36-9-3-4-10-36)16-20-5-7-22(30)18-24(20)31/h3-10,17-19,25,27H,11-16,35H2,1-2H3. The number of amides is 1. The van der Waals surface area contributed by atoms with Crippen LogP contribution in [0.4, 0.5) is 18.9 Å². The summed E-state index contributed by atoms with van der Waals surface area (Å²) in [5.41, 5.74) is 7.69. The molecule has 1 saturated heterocycles. The molecule has 0 saturated carbocycles. The number of aromatic nitrogens is 1. The number of halogens is 5. The minimum absolute atomic E-state index is 0.0407. The lowest BCUT2D eigenvalue weighted by atomic mass is 9.94. The molecule has 1 aliphatic heterocycles. The molecule has 3 aromatic rings. The molecule has 0 radical (unpaired) electrons. The van der Waals surface area contributed by atoms with Crippen molar-refractivity contribution in [2.24, 2.45) is 11.7 Å². The van der Waals surface area contributed by atoms with Crippen molar-refractivity contribution in [2.75, 3.05) is 31.1 Å². The summed E-state index contributed by atoms with van der Waals surface area (Å²) in [5.74, 6) is 0.192. The maximum absolute atomic E-state index is 13.7. The van der Waals surface area contributed by atoms with Crippen molar-refractivity contribution in [3.8, 4) is 0 Å². The molecule has 2 N–H and O–H groups in total. The number of carbonyl (C=O) groups excluding carboxylic acids is 1. The lowest BCUT2D eigenvalue weighted by Gasteiger charge is -2.39. The Morgan fingerprint density at radius 3 is 2.26 bits per heavy atom. The van der Waals surface area contributed by atoms with Crippen LogP contribution in [0.3, 0.4) is 0 Å². The quantitative estimate of drug-likeness (QED) is 0.312. The van der Waals surface area contributed by atoms with Crippen LogP contribution in [-0.4, -0.2) is 41.6 Å². The highest BCUT2D eigenvalue weighted by Crippen LogP contribution is 2.37. The van der Waals surface area contributed by atoms with E-state index in [1.807, 2.05) is 58.8 Å². The van der Waals surface area contributed by atoms with Gasteiger partial charge in [0.2, 0.25) is 5.91 Å². The Labute approximate surface area is 237 Å². The van der Waals surface area contributed by atoms with Crippen molar-refractivity contribution in [3.05, 3.63) is 87.7 Å². The Bertz CT molecular complexity index is 1270. The van der Waals surface area contributed by atoms with Gasteiger partial charge in [-0.1, -0.05) is 43.1 Å². The molecule has 1 aromatic heterocycles. The van der Waals surface area contributed by atoms with E-state index in [9.17, 15) is 18.0 Å². The summed E-state index contributed by atoms with van der Waals surface area (Å²) in [7, 11) is 0. The topological polar surface area (TPSA) is 54.5 Å². The number of anilines is 1. The van der Waals surface area contributed by atoms with E-state index in [0.29, 0.717) is 60.3 Å². The molecule has 0 bridgehead atoms. The number of carbonyl (C=O) groups is 1. The van der Waals surface area contributed by atoms with Crippen LogP contribution in [0, 0.1) is 5.92 Å². The highest BCUT2D eigenvalue weighted by atomic mass is 35.5. The van der Waals surface area contributed by atoms with Gasteiger partial charge in [-0.15, -0.1) is 0 Å². The van der Waals surface area contributed by atoms with E-state index in [2.05, 4.69) is 0 Å². The van der Waals surface area contributed by atoms with Crippen molar-refractivity contribution in [2.45, 2.75) is 44.9 Å². The van der Waals surface area contributed by atoms with Gasteiger partial charge in [0.1, 0.15) is 6.04 Å². The second-order valence-electron chi connectivity index (χ2n) is 10.4. The Morgan fingerprint density at radius 2 is 1.67 bits per heavy atom. The highest BCUT2D eigenvalue weighted by Gasteiger charge is 2.34. The normalized spacial score (nSPS) is 16.0. The van der Waals surface area contributed by atoms with Crippen LogP contribution in [-0.2, 0) is 17.4 Å². The maximum atomic E-state index is 13.7. The number of benzene rings is 2. The molecule has 0 aliphatic carbocycles. The predicted molar refractivity (Wildman–Crippen MR) is 150 cm³/mol. The van der Waals surface area contributed by atoms with Crippen LogP contribution < -0.4 is 10.6 Å². The second kappa shape index (κ2) is 12.2. The molecule has 2 atom stereocenters. The molecule has 39 heavy (non-hydrogen) atoms. The van der Waals surface area contributed by atoms with Crippen molar-refractivity contribution < 1.29 is 18.0 Å². The summed E-state index contributed by atoms with van der Waals surface area (Å²) in [4.78, 5) is 17.6. The first-order valence-corrected chi connectivity index (χ1v) is 13.8. The summed E-state index contributed by atoms with van der Waals surface area (Å²) in [5, 5.41) is 1.03. The number of piperazine rings is 1. The minimum atomic E-state index is -4.45. The molecule has 1 aliphatic rings. The molecule has 2 heterocycles. The van der Waals surface area contributed by atoms with E-state index in [-0.39, 0.29) is 11.8 Å². The molecular formula is C29H33Cl2F3N4O. The van der Waals surface area contributed by atoms with Crippen LogP contribution in [0.25, 0.3) is 0 Å². The number of alkyl halides is 3. The molecule has 2 aromatic carbocycles. The molecule has 2 unspecified atom stereocenters. The van der Waals surface area contributed by atoms with Gasteiger partial charge < -0.3 is 20.1 Å². The number of rotatable bonds is 8. The average molecular weight is 582 g/mol. The molecule has 5 nitrogen and oxygen atoms in total. The van der Waals surface area contributed by atoms with Gasteiger partial charge in [0.25, 0.3) is 0 Å². The molecule has 0 spiro atoms. The predicted octanol–water partition coefficient (Wildman–Crippen LogP) is 6.99. The number of nitrogens with two attached hydrogens (primary N) is 1. The highest BCUT2D eigenvalue weighted by molar-refractivity contribution is 6.35. The monoisotopic (exact) mass is 580 g/mol. The fourth-order valence-electron chi connectivity index (χ4n) is 5.10. The number of nitrogens with zero attached hydrogens (tertiary/aromatic N) is 3. The zero-order valence-corrected chi connectivity index (χ0v) is 23.5. The van der Waals surface area contributed by atoms with E-state index < -0.39 is 23.8 Å². The molecule has 210 valence electrons. The van der Waals surface area contributed by atoms with Gasteiger partial charge in [-0.3, -0.25) is 4.79 Å². The molecule has 4 rings (SSSR count). The van der Waals surface area contributed by atoms with Crippen molar-refractivity contribution in [1.82, 2.24) is 9.47 Å². The maximum Gasteiger partial charge on any atom is 0.416 e. The van der Waals surface area contributed by atoms with Crippen LogP contribution in [0.5, 0.6) is 0 Å². The zero-order chi connectivity index (χ0) is 28.3.